The number of halogens is 3. The average Bonchev–Trinajstić information content (AvgIpc) is 1.82. The Bertz CT molecular complexity index is 306. The van der Waals surface area contributed by atoms with E-state index in [1.165, 1.54) is 6.07 Å². The van der Waals surface area contributed by atoms with Crippen molar-refractivity contribution in [1.29, 1.82) is 0 Å². The summed E-state index contributed by atoms with van der Waals surface area (Å²) < 4.78 is 0. The fourth-order valence-corrected chi connectivity index (χ4v) is 1.03. The predicted octanol–water partition coefficient (Wildman–Crippen LogP) is 2.34. The predicted molar refractivity (Wildman–Crippen MR) is 42.1 cm³/mol. The molecule has 1 rings (SSSR count). The zero-order valence-corrected chi connectivity index (χ0v) is 6.89. The third-order valence-corrected chi connectivity index (χ3v) is 1.87. The van der Waals surface area contributed by atoms with Crippen LogP contribution in [0.1, 0.15) is 0 Å². The van der Waals surface area contributed by atoms with Gasteiger partial charge in [-0.2, -0.15) is 0 Å². The summed E-state index contributed by atoms with van der Waals surface area (Å²) in [6.07, 6.45) is 0. The first-order valence-electron chi connectivity index (χ1n) is 2.35. The number of hydrogen-bond donors (Lipinski definition) is 1. The van der Waals surface area contributed by atoms with Gasteiger partial charge in [0, 0.05) is 0 Å². The first kappa shape index (κ1) is 7.92. The SMILES string of the molecule is O=c1[nH]c(Cl)cc(Cl)c1Cl. The van der Waals surface area contributed by atoms with Crippen LogP contribution in [0.15, 0.2) is 10.9 Å². The van der Waals surface area contributed by atoms with Crippen molar-refractivity contribution < 1.29 is 0 Å². The number of aromatic amines is 1. The molecule has 54 valence electrons. The Morgan fingerprint density at radius 3 is 2.40 bits per heavy atom. The minimum Gasteiger partial charge on any atom is -0.312 e. The van der Waals surface area contributed by atoms with E-state index in [1.807, 2.05) is 0 Å². The number of nitrogens with one attached hydrogen (secondary N) is 1. The van der Waals surface area contributed by atoms with Crippen LogP contribution >= 0.6 is 34.8 Å². The number of hydrogen-bond acceptors (Lipinski definition) is 1. The van der Waals surface area contributed by atoms with Gasteiger partial charge in [0.1, 0.15) is 10.2 Å². The second-order valence-electron chi connectivity index (χ2n) is 1.61. The second kappa shape index (κ2) is 2.82. The largest absolute Gasteiger partial charge is 0.312 e. The highest BCUT2D eigenvalue weighted by Gasteiger charge is 2.02. The van der Waals surface area contributed by atoms with E-state index < -0.39 is 5.56 Å². The highest BCUT2D eigenvalue weighted by molar-refractivity contribution is 6.42. The molecule has 0 aliphatic rings. The van der Waals surface area contributed by atoms with Gasteiger partial charge in [0.15, 0.2) is 0 Å². The van der Waals surface area contributed by atoms with Gasteiger partial charge in [-0.1, -0.05) is 34.8 Å². The Kier molecular flexibility index (Phi) is 2.24. The van der Waals surface area contributed by atoms with E-state index in [9.17, 15) is 4.79 Å². The molecule has 2 nitrogen and oxygen atoms in total. The molecule has 0 radical (unpaired) electrons. The van der Waals surface area contributed by atoms with Gasteiger partial charge in [-0.15, -0.1) is 0 Å². The van der Waals surface area contributed by atoms with Gasteiger partial charge >= 0.3 is 0 Å². The van der Waals surface area contributed by atoms with Crippen LogP contribution in [-0.4, -0.2) is 4.98 Å². The fraction of sp³-hybridized carbons (Fsp3) is 0. The van der Waals surface area contributed by atoms with Crippen molar-refractivity contribution in [1.82, 2.24) is 4.98 Å². The Morgan fingerprint density at radius 2 is 1.90 bits per heavy atom. The lowest BCUT2D eigenvalue weighted by Gasteiger charge is -1.92. The lowest BCUT2D eigenvalue weighted by atomic mass is 10.5. The minimum absolute atomic E-state index is 0.0360. The van der Waals surface area contributed by atoms with Crippen molar-refractivity contribution in [2.24, 2.45) is 0 Å². The van der Waals surface area contributed by atoms with Gasteiger partial charge in [-0.25, -0.2) is 0 Å². The van der Waals surface area contributed by atoms with E-state index in [2.05, 4.69) is 4.98 Å². The van der Waals surface area contributed by atoms with E-state index in [0.29, 0.717) is 0 Å². The van der Waals surface area contributed by atoms with Gasteiger partial charge in [0.2, 0.25) is 0 Å². The summed E-state index contributed by atoms with van der Waals surface area (Å²) in [5, 5.41) is 0.306. The molecule has 0 aromatic carbocycles. The van der Waals surface area contributed by atoms with Crippen molar-refractivity contribution in [2.75, 3.05) is 0 Å². The van der Waals surface area contributed by atoms with E-state index in [-0.39, 0.29) is 15.2 Å². The summed E-state index contributed by atoms with van der Waals surface area (Å²) in [7, 11) is 0. The van der Waals surface area contributed by atoms with E-state index in [4.69, 9.17) is 34.8 Å². The molecule has 0 fully saturated rings. The molecular weight excluding hydrogens is 196 g/mol. The molecule has 0 aliphatic heterocycles. The zero-order valence-electron chi connectivity index (χ0n) is 4.62. The summed E-state index contributed by atoms with van der Waals surface area (Å²) in [6.45, 7) is 0. The molecule has 0 atom stereocenters. The van der Waals surface area contributed by atoms with Crippen molar-refractivity contribution in [3.8, 4) is 0 Å². The van der Waals surface area contributed by atoms with Crippen LogP contribution < -0.4 is 5.56 Å². The third-order valence-electron chi connectivity index (χ3n) is 0.895. The number of rotatable bonds is 0. The molecule has 0 amide bonds. The molecule has 0 aliphatic carbocycles. The van der Waals surface area contributed by atoms with Crippen LogP contribution in [0.4, 0.5) is 0 Å². The molecular formula is C5H2Cl3NO. The first-order chi connectivity index (χ1) is 4.61. The molecule has 1 aromatic heterocycles. The molecule has 1 aromatic rings. The summed E-state index contributed by atoms with van der Waals surface area (Å²) in [5.41, 5.74) is -0.473. The normalized spacial score (nSPS) is 9.90. The lowest BCUT2D eigenvalue weighted by Crippen LogP contribution is -2.05. The Hall–Kier alpha value is -0.180. The fourth-order valence-electron chi connectivity index (χ4n) is 0.482. The van der Waals surface area contributed by atoms with Crippen molar-refractivity contribution in [2.45, 2.75) is 0 Å². The first-order valence-corrected chi connectivity index (χ1v) is 3.48. The van der Waals surface area contributed by atoms with Gasteiger partial charge in [-0.3, -0.25) is 4.79 Å². The van der Waals surface area contributed by atoms with Gasteiger partial charge in [-0.05, 0) is 6.07 Å². The van der Waals surface area contributed by atoms with Crippen LogP contribution in [0.3, 0.4) is 0 Å². The summed E-state index contributed by atoms with van der Waals surface area (Å²) in [4.78, 5) is 13.0. The summed E-state index contributed by atoms with van der Waals surface area (Å²) in [6, 6.07) is 1.37. The quantitative estimate of drug-likeness (QED) is 0.638. The molecule has 0 spiro atoms. The van der Waals surface area contributed by atoms with Crippen LogP contribution in [-0.2, 0) is 0 Å². The highest BCUT2D eigenvalue weighted by Crippen LogP contribution is 2.18. The Balaban J connectivity index is 3.46. The highest BCUT2D eigenvalue weighted by atomic mass is 35.5. The number of H-pyrrole nitrogens is 1. The maximum Gasteiger partial charge on any atom is 0.269 e. The summed E-state index contributed by atoms with van der Waals surface area (Å²) >= 11 is 16.3. The Labute approximate surface area is 71.7 Å². The monoisotopic (exact) mass is 197 g/mol. The Morgan fingerprint density at radius 1 is 1.30 bits per heavy atom. The minimum atomic E-state index is -0.473. The van der Waals surface area contributed by atoms with Crippen LogP contribution in [0.2, 0.25) is 15.2 Å². The van der Waals surface area contributed by atoms with Crippen molar-refractivity contribution >= 4 is 34.8 Å². The van der Waals surface area contributed by atoms with Crippen molar-refractivity contribution in [3.63, 3.8) is 0 Å². The molecule has 1 N–H and O–H groups in total. The van der Waals surface area contributed by atoms with Crippen LogP contribution in [0.25, 0.3) is 0 Å². The smallest absolute Gasteiger partial charge is 0.269 e. The number of aromatic nitrogens is 1. The maximum absolute atomic E-state index is 10.7. The van der Waals surface area contributed by atoms with Crippen LogP contribution in [0.5, 0.6) is 0 Å². The third kappa shape index (κ3) is 1.45. The topological polar surface area (TPSA) is 32.9 Å². The van der Waals surface area contributed by atoms with Gasteiger partial charge in [0.25, 0.3) is 5.56 Å². The van der Waals surface area contributed by atoms with Gasteiger partial charge in [0.05, 0.1) is 5.02 Å². The molecule has 0 bridgehead atoms. The van der Waals surface area contributed by atoms with E-state index in [0.717, 1.165) is 0 Å². The average molecular weight is 198 g/mol. The molecule has 10 heavy (non-hydrogen) atoms. The van der Waals surface area contributed by atoms with Crippen LogP contribution in [0, 0.1) is 0 Å². The standard InChI is InChI=1S/C5H2Cl3NO/c6-2-1-3(7)9-5(10)4(2)8/h1H,(H,9,10). The van der Waals surface area contributed by atoms with Gasteiger partial charge < -0.3 is 4.98 Å². The lowest BCUT2D eigenvalue weighted by molar-refractivity contribution is 1.24. The second-order valence-corrected chi connectivity index (χ2v) is 2.80. The molecule has 0 saturated carbocycles. The van der Waals surface area contributed by atoms with E-state index in [1.54, 1.807) is 0 Å². The van der Waals surface area contributed by atoms with Crippen molar-refractivity contribution in [3.05, 3.63) is 31.6 Å². The molecule has 0 saturated heterocycles. The summed E-state index contributed by atoms with van der Waals surface area (Å²) in [5.74, 6) is 0. The molecule has 0 unspecified atom stereocenters. The molecule has 5 heteroatoms. The molecule has 1 heterocycles. The van der Waals surface area contributed by atoms with E-state index >= 15 is 0 Å². The number of pyridine rings is 1. The zero-order chi connectivity index (χ0) is 7.72. The maximum atomic E-state index is 10.7.